The lowest BCUT2D eigenvalue weighted by molar-refractivity contribution is -0.127. The van der Waals surface area contributed by atoms with E-state index in [1.165, 1.54) is 18.4 Å². The Bertz CT molecular complexity index is 581. The number of rotatable bonds is 2. The van der Waals surface area contributed by atoms with Crippen molar-refractivity contribution in [2.75, 3.05) is 13.7 Å². The fourth-order valence-corrected chi connectivity index (χ4v) is 3.61. The van der Waals surface area contributed by atoms with Crippen LogP contribution < -0.4 is 0 Å². The second-order valence-electron chi connectivity index (χ2n) is 5.66. The van der Waals surface area contributed by atoms with E-state index in [4.69, 9.17) is 4.74 Å². The molecule has 2 unspecified atom stereocenters. The highest BCUT2D eigenvalue weighted by atomic mass is 79.9. The van der Waals surface area contributed by atoms with Crippen molar-refractivity contribution in [1.29, 1.82) is 0 Å². The number of likely N-dealkylation sites (N-methyl/N-ethyl adjacent to an activating group) is 1. The Morgan fingerprint density at radius 3 is 2.86 bits per heavy atom. The van der Waals surface area contributed by atoms with Gasteiger partial charge in [-0.25, -0.2) is 0 Å². The number of nitrogens with zero attached hydrogens (tertiary/aromatic N) is 1. The summed E-state index contributed by atoms with van der Waals surface area (Å²) in [5.74, 6) is -0.362. The lowest BCUT2D eigenvalue weighted by Gasteiger charge is -2.28. The fraction of sp³-hybridized carbons (Fsp3) is 0.500. The third kappa shape index (κ3) is 2.77. The molecular weight excluding hydrogens is 334 g/mol. The van der Waals surface area contributed by atoms with Crippen molar-refractivity contribution in [2.45, 2.75) is 36.6 Å². The number of amides is 2. The van der Waals surface area contributed by atoms with Gasteiger partial charge in [-0.1, -0.05) is 28.1 Å². The van der Waals surface area contributed by atoms with Gasteiger partial charge in [0.2, 0.25) is 5.91 Å². The number of ether oxygens (including phenoxy) is 1. The molecule has 1 aromatic carbocycles. The number of hydrogen-bond donors (Lipinski definition) is 0. The van der Waals surface area contributed by atoms with Gasteiger partial charge in [-0.05, 0) is 36.5 Å². The molecule has 2 atom stereocenters. The molecule has 2 heterocycles. The molecule has 2 aliphatic rings. The first kappa shape index (κ1) is 14.7. The Hall–Kier alpha value is -1.20. The second kappa shape index (κ2) is 5.89. The molecule has 0 aliphatic carbocycles. The van der Waals surface area contributed by atoms with Crippen LogP contribution in [0.4, 0.5) is 0 Å². The van der Waals surface area contributed by atoms with Crippen LogP contribution in [0, 0.1) is 0 Å². The minimum absolute atomic E-state index is 0.0823. The number of carbonyl (C=O) groups excluding carboxylic acids is 2. The van der Waals surface area contributed by atoms with E-state index in [9.17, 15) is 9.59 Å². The maximum absolute atomic E-state index is 12.2. The molecule has 2 amide bonds. The van der Waals surface area contributed by atoms with E-state index in [0.717, 1.165) is 30.6 Å². The molecule has 5 heteroatoms. The second-order valence-corrected chi connectivity index (χ2v) is 6.64. The summed E-state index contributed by atoms with van der Waals surface area (Å²) in [6.45, 7) is 0.799. The molecule has 0 bridgehead atoms. The van der Waals surface area contributed by atoms with E-state index >= 15 is 0 Å². The molecule has 0 spiro atoms. The summed E-state index contributed by atoms with van der Waals surface area (Å²) in [6, 6.07) is 5.78. The van der Waals surface area contributed by atoms with Gasteiger partial charge in [0, 0.05) is 19.2 Å². The molecule has 0 N–H and O–H groups in total. The summed E-state index contributed by atoms with van der Waals surface area (Å²) >= 11 is 3.71. The van der Waals surface area contributed by atoms with Gasteiger partial charge in [-0.3, -0.25) is 14.5 Å². The number of benzene rings is 1. The van der Waals surface area contributed by atoms with Crippen LogP contribution in [0.1, 0.15) is 45.6 Å². The average molecular weight is 352 g/mol. The van der Waals surface area contributed by atoms with Gasteiger partial charge in [-0.2, -0.15) is 0 Å². The van der Waals surface area contributed by atoms with Crippen LogP contribution in [0.3, 0.4) is 0 Å². The van der Waals surface area contributed by atoms with Gasteiger partial charge in [-0.15, -0.1) is 0 Å². The zero-order chi connectivity index (χ0) is 15.0. The van der Waals surface area contributed by atoms with Crippen LogP contribution >= 0.6 is 15.9 Å². The number of carbonyl (C=O) groups is 2. The predicted molar refractivity (Wildman–Crippen MR) is 82.5 cm³/mol. The number of imide groups is 1. The Labute approximate surface area is 132 Å². The maximum Gasteiger partial charge on any atom is 0.260 e. The third-order valence-electron chi connectivity index (χ3n) is 4.24. The van der Waals surface area contributed by atoms with Crippen LogP contribution in [0.5, 0.6) is 0 Å². The van der Waals surface area contributed by atoms with E-state index in [2.05, 4.69) is 15.9 Å². The van der Waals surface area contributed by atoms with Gasteiger partial charge >= 0.3 is 0 Å². The van der Waals surface area contributed by atoms with Crippen LogP contribution in [0.25, 0.3) is 0 Å². The highest BCUT2D eigenvalue weighted by Crippen LogP contribution is 2.35. The van der Waals surface area contributed by atoms with Gasteiger partial charge in [0.1, 0.15) is 0 Å². The van der Waals surface area contributed by atoms with Crippen molar-refractivity contribution in [2.24, 2.45) is 0 Å². The topological polar surface area (TPSA) is 46.6 Å². The van der Waals surface area contributed by atoms with Crippen molar-refractivity contribution >= 4 is 27.7 Å². The summed E-state index contributed by atoms with van der Waals surface area (Å²) in [5, 5.41) is 0. The van der Waals surface area contributed by atoms with E-state index in [1.54, 1.807) is 0 Å². The van der Waals surface area contributed by atoms with Gasteiger partial charge < -0.3 is 4.74 Å². The summed E-state index contributed by atoms with van der Waals surface area (Å²) < 4.78 is 5.81. The molecule has 0 saturated carbocycles. The van der Waals surface area contributed by atoms with Crippen LogP contribution in [-0.4, -0.2) is 36.5 Å². The molecule has 0 aromatic heterocycles. The third-order valence-corrected chi connectivity index (χ3v) is 5.36. The van der Waals surface area contributed by atoms with Crippen molar-refractivity contribution in [1.82, 2.24) is 4.90 Å². The van der Waals surface area contributed by atoms with Crippen molar-refractivity contribution in [3.8, 4) is 0 Å². The van der Waals surface area contributed by atoms with E-state index in [1.807, 2.05) is 18.2 Å². The fourth-order valence-electron chi connectivity index (χ4n) is 2.91. The first-order valence-corrected chi connectivity index (χ1v) is 8.19. The molecule has 3 rings (SSSR count). The van der Waals surface area contributed by atoms with Gasteiger partial charge in [0.25, 0.3) is 5.91 Å². The highest BCUT2D eigenvalue weighted by molar-refractivity contribution is 9.09. The summed E-state index contributed by atoms with van der Waals surface area (Å²) in [6.07, 6.45) is 3.76. The first-order valence-electron chi connectivity index (χ1n) is 7.27. The van der Waals surface area contributed by atoms with Gasteiger partial charge in [0.05, 0.1) is 17.4 Å². The summed E-state index contributed by atoms with van der Waals surface area (Å²) in [7, 11) is 1.54. The van der Waals surface area contributed by atoms with Crippen LogP contribution in [-0.2, 0) is 16.0 Å². The van der Waals surface area contributed by atoms with Crippen molar-refractivity contribution in [3.63, 3.8) is 0 Å². The molecular formula is C16H18BrNO3. The Morgan fingerprint density at radius 2 is 2.14 bits per heavy atom. The standard InChI is InChI=1S/C16H18BrNO3/c1-18-14(19)9-10-5-6-11(8-12(10)16(18)20)15(17)13-4-2-3-7-21-13/h5-6,8,13,15H,2-4,7,9H2,1H3. The van der Waals surface area contributed by atoms with E-state index in [0.29, 0.717) is 12.0 Å². The maximum atomic E-state index is 12.2. The molecule has 1 aromatic rings. The van der Waals surface area contributed by atoms with Crippen LogP contribution in [0.2, 0.25) is 0 Å². The highest BCUT2D eigenvalue weighted by Gasteiger charge is 2.30. The number of alkyl halides is 1. The average Bonchev–Trinajstić information content (AvgIpc) is 2.53. The van der Waals surface area contributed by atoms with E-state index in [-0.39, 0.29) is 22.7 Å². The Balaban J connectivity index is 1.88. The Morgan fingerprint density at radius 1 is 1.33 bits per heavy atom. The zero-order valence-corrected chi connectivity index (χ0v) is 13.6. The van der Waals surface area contributed by atoms with E-state index < -0.39 is 0 Å². The van der Waals surface area contributed by atoms with Crippen molar-refractivity contribution in [3.05, 3.63) is 34.9 Å². The normalized spacial score (nSPS) is 23.9. The minimum Gasteiger partial charge on any atom is -0.377 e. The molecule has 4 nitrogen and oxygen atoms in total. The SMILES string of the molecule is CN1C(=O)Cc2ccc(C(Br)C3CCCCO3)cc2C1=O. The molecule has 1 saturated heterocycles. The first-order chi connectivity index (χ1) is 10.1. The van der Waals surface area contributed by atoms with Crippen LogP contribution in [0.15, 0.2) is 18.2 Å². The number of halogens is 1. The predicted octanol–water partition coefficient (Wildman–Crippen LogP) is 2.85. The largest absolute Gasteiger partial charge is 0.377 e. The Kier molecular flexibility index (Phi) is 4.13. The molecule has 2 aliphatic heterocycles. The van der Waals surface area contributed by atoms with Gasteiger partial charge in [0.15, 0.2) is 0 Å². The molecule has 21 heavy (non-hydrogen) atoms. The lowest BCUT2D eigenvalue weighted by Crippen LogP contribution is -2.39. The van der Waals surface area contributed by atoms with Crippen molar-refractivity contribution < 1.29 is 14.3 Å². The zero-order valence-electron chi connectivity index (χ0n) is 12.0. The molecule has 1 fully saturated rings. The number of hydrogen-bond acceptors (Lipinski definition) is 3. The summed E-state index contributed by atoms with van der Waals surface area (Å²) in [4.78, 5) is 25.2. The number of fused-ring (bicyclic) bond motifs is 1. The molecule has 112 valence electrons. The smallest absolute Gasteiger partial charge is 0.260 e. The summed E-state index contributed by atoms with van der Waals surface area (Å²) in [5.41, 5.74) is 2.49. The monoisotopic (exact) mass is 351 g/mol. The minimum atomic E-state index is -0.215. The lowest BCUT2D eigenvalue weighted by atomic mass is 9.93. The quantitative estimate of drug-likeness (QED) is 0.607. The molecule has 0 radical (unpaired) electrons.